The second-order valence-corrected chi connectivity index (χ2v) is 5.31. The van der Waals surface area contributed by atoms with Crippen molar-refractivity contribution in [2.24, 2.45) is 0 Å². The lowest BCUT2D eigenvalue weighted by Gasteiger charge is -1.96. The van der Waals surface area contributed by atoms with Gasteiger partial charge in [-0.3, -0.25) is 4.79 Å². The van der Waals surface area contributed by atoms with Crippen molar-refractivity contribution in [2.45, 2.75) is 16.3 Å². The number of thiophene rings is 1. The molecule has 0 fully saturated rings. The van der Waals surface area contributed by atoms with Gasteiger partial charge in [-0.15, -0.1) is 11.3 Å². The van der Waals surface area contributed by atoms with Gasteiger partial charge in [-0.05, 0) is 18.2 Å². The normalized spacial score (nSPS) is 10.0. The molecule has 0 bridgehead atoms. The number of amides is 1. The fourth-order valence-corrected chi connectivity index (χ4v) is 3.15. The smallest absolute Gasteiger partial charge is 0.207 e. The summed E-state index contributed by atoms with van der Waals surface area (Å²) in [6, 6.07) is 12.4. The molecule has 2 aromatic rings. The molecule has 1 amide bonds. The van der Waals surface area contributed by atoms with Gasteiger partial charge in [0.25, 0.3) is 0 Å². The van der Waals surface area contributed by atoms with E-state index in [0.29, 0.717) is 6.54 Å². The van der Waals surface area contributed by atoms with Crippen molar-refractivity contribution in [3.8, 4) is 0 Å². The Balaban J connectivity index is 2.00. The lowest BCUT2D eigenvalue weighted by molar-refractivity contribution is -0.109. The summed E-state index contributed by atoms with van der Waals surface area (Å²) in [6.45, 7) is 0.615. The highest BCUT2D eigenvalue weighted by Crippen LogP contribution is 2.30. The average molecular weight is 249 g/mol. The van der Waals surface area contributed by atoms with Gasteiger partial charge in [0, 0.05) is 20.0 Å². The zero-order valence-corrected chi connectivity index (χ0v) is 10.2. The van der Waals surface area contributed by atoms with Crippen molar-refractivity contribution < 1.29 is 4.79 Å². The predicted octanol–water partition coefficient (Wildman–Crippen LogP) is 3.15. The van der Waals surface area contributed by atoms with E-state index in [2.05, 4.69) is 28.9 Å². The van der Waals surface area contributed by atoms with Gasteiger partial charge in [-0.1, -0.05) is 30.0 Å². The van der Waals surface area contributed by atoms with Gasteiger partial charge >= 0.3 is 0 Å². The molecule has 1 N–H and O–H groups in total. The molecule has 0 aliphatic heterocycles. The number of hydrogen-bond acceptors (Lipinski definition) is 3. The van der Waals surface area contributed by atoms with E-state index in [1.807, 2.05) is 18.2 Å². The summed E-state index contributed by atoms with van der Waals surface area (Å²) >= 11 is 3.40. The molecule has 82 valence electrons. The highest BCUT2D eigenvalue weighted by molar-refractivity contribution is 7.99. The number of hydrogen-bond donors (Lipinski definition) is 1. The van der Waals surface area contributed by atoms with Crippen LogP contribution in [0.15, 0.2) is 51.6 Å². The topological polar surface area (TPSA) is 29.1 Å². The van der Waals surface area contributed by atoms with E-state index in [9.17, 15) is 4.79 Å². The number of benzene rings is 1. The van der Waals surface area contributed by atoms with E-state index in [0.717, 1.165) is 6.41 Å². The van der Waals surface area contributed by atoms with Gasteiger partial charge in [0.1, 0.15) is 0 Å². The van der Waals surface area contributed by atoms with Crippen LogP contribution in [-0.4, -0.2) is 6.41 Å². The molecular formula is C12H11NOS2. The summed E-state index contributed by atoms with van der Waals surface area (Å²) in [5.74, 6) is 0. The Kier molecular flexibility index (Phi) is 4.02. The van der Waals surface area contributed by atoms with Crippen molar-refractivity contribution in [3.63, 3.8) is 0 Å². The van der Waals surface area contributed by atoms with Crippen molar-refractivity contribution >= 4 is 29.5 Å². The number of carbonyl (C=O) groups excluding carboxylic acids is 1. The van der Waals surface area contributed by atoms with Crippen LogP contribution in [0, 0.1) is 0 Å². The van der Waals surface area contributed by atoms with Gasteiger partial charge in [0.15, 0.2) is 0 Å². The number of rotatable bonds is 5. The van der Waals surface area contributed by atoms with E-state index in [-0.39, 0.29) is 0 Å². The van der Waals surface area contributed by atoms with E-state index in [4.69, 9.17) is 0 Å². The molecule has 0 aliphatic carbocycles. The van der Waals surface area contributed by atoms with Gasteiger partial charge < -0.3 is 5.32 Å². The summed E-state index contributed by atoms with van der Waals surface area (Å²) in [7, 11) is 0. The minimum atomic E-state index is 0.615. The summed E-state index contributed by atoms with van der Waals surface area (Å²) in [6.07, 6.45) is 0.726. The minimum Gasteiger partial charge on any atom is -0.354 e. The van der Waals surface area contributed by atoms with Gasteiger partial charge in [0.05, 0.1) is 6.54 Å². The minimum absolute atomic E-state index is 0.615. The molecule has 2 nitrogen and oxygen atoms in total. The SMILES string of the molecule is O=CNCc1cc(Sc2ccccc2)cs1. The Morgan fingerprint density at radius 1 is 1.25 bits per heavy atom. The van der Waals surface area contributed by atoms with Crippen molar-refractivity contribution in [3.05, 3.63) is 46.7 Å². The predicted molar refractivity (Wildman–Crippen MR) is 67.8 cm³/mol. The molecule has 16 heavy (non-hydrogen) atoms. The molecule has 0 aliphatic rings. The van der Waals surface area contributed by atoms with Gasteiger partial charge in [-0.2, -0.15) is 0 Å². The highest BCUT2D eigenvalue weighted by atomic mass is 32.2. The summed E-state index contributed by atoms with van der Waals surface area (Å²) < 4.78 is 0. The fraction of sp³-hybridized carbons (Fsp3) is 0.0833. The standard InChI is InChI=1S/C12H11NOS2/c14-9-13-7-11-6-12(8-15-11)16-10-4-2-1-3-5-10/h1-6,8-9H,7H2,(H,13,14). The Morgan fingerprint density at radius 2 is 2.06 bits per heavy atom. The maximum atomic E-state index is 10.2. The van der Waals surface area contributed by atoms with Crippen molar-refractivity contribution in [1.29, 1.82) is 0 Å². The lowest BCUT2D eigenvalue weighted by Crippen LogP contribution is -2.07. The van der Waals surface area contributed by atoms with Crippen LogP contribution >= 0.6 is 23.1 Å². The molecule has 1 aromatic carbocycles. The fourth-order valence-electron chi connectivity index (χ4n) is 1.27. The van der Waals surface area contributed by atoms with Crippen molar-refractivity contribution in [1.82, 2.24) is 5.32 Å². The van der Waals surface area contributed by atoms with E-state index < -0.39 is 0 Å². The molecule has 2 rings (SSSR count). The first-order chi connectivity index (χ1) is 7.88. The number of carbonyl (C=O) groups is 1. The third-order valence-corrected chi connectivity index (χ3v) is 4.03. The number of nitrogens with one attached hydrogen (secondary N) is 1. The maximum Gasteiger partial charge on any atom is 0.207 e. The largest absolute Gasteiger partial charge is 0.354 e. The first-order valence-corrected chi connectivity index (χ1v) is 6.55. The average Bonchev–Trinajstić information content (AvgIpc) is 2.75. The molecule has 0 saturated carbocycles. The zero-order chi connectivity index (χ0) is 11.2. The summed E-state index contributed by atoms with van der Waals surface area (Å²) in [5.41, 5.74) is 0. The Hall–Kier alpha value is -1.26. The van der Waals surface area contributed by atoms with Crippen LogP contribution < -0.4 is 5.32 Å². The molecule has 1 aromatic heterocycles. The second kappa shape index (κ2) is 5.72. The van der Waals surface area contributed by atoms with Crippen LogP contribution in [0.5, 0.6) is 0 Å². The first kappa shape index (κ1) is 11.2. The van der Waals surface area contributed by atoms with Crippen LogP contribution in [0.2, 0.25) is 0 Å². The molecule has 0 atom stereocenters. The van der Waals surface area contributed by atoms with E-state index in [1.165, 1.54) is 14.7 Å². The van der Waals surface area contributed by atoms with E-state index in [1.54, 1.807) is 23.1 Å². The van der Waals surface area contributed by atoms with Crippen LogP contribution in [0.3, 0.4) is 0 Å². The van der Waals surface area contributed by atoms with Crippen LogP contribution in [0.1, 0.15) is 4.88 Å². The molecule has 0 unspecified atom stereocenters. The third kappa shape index (κ3) is 3.12. The van der Waals surface area contributed by atoms with Crippen LogP contribution in [0.25, 0.3) is 0 Å². The quantitative estimate of drug-likeness (QED) is 0.825. The van der Waals surface area contributed by atoms with E-state index >= 15 is 0 Å². The molecule has 1 heterocycles. The zero-order valence-electron chi connectivity index (χ0n) is 8.55. The monoisotopic (exact) mass is 249 g/mol. The maximum absolute atomic E-state index is 10.2. The molecular weight excluding hydrogens is 238 g/mol. The van der Waals surface area contributed by atoms with Crippen molar-refractivity contribution in [2.75, 3.05) is 0 Å². The second-order valence-electron chi connectivity index (χ2n) is 3.16. The molecule has 0 radical (unpaired) electrons. The molecule has 0 spiro atoms. The Bertz CT molecular complexity index is 453. The van der Waals surface area contributed by atoms with Gasteiger partial charge in [0.2, 0.25) is 6.41 Å². The van der Waals surface area contributed by atoms with Crippen LogP contribution in [0.4, 0.5) is 0 Å². The third-order valence-electron chi connectivity index (χ3n) is 1.97. The van der Waals surface area contributed by atoms with Gasteiger partial charge in [-0.25, -0.2) is 0 Å². The summed E-state index contributed by atoms with van der Waals surface area (Å²) in [4.78, 5) is 13.8. The molecule has 4 heteroatoms. The molecule has 0 saturated heterocycles. The van der Waals surface area contributed by atoms with Crippen LogP contribution in [-0.2, 0) is 11.3 Å². The summed E-state index contributed by atoms with van der Waals surface area (Å²) in [5, 5.41) is 4.77. The lowest BCUT2D eigenvalue weighted by atomic mass is 10.4. The highest BCUT2D eigenvalue weighted by Gasteiger charge is 2.01. The Labute approximate surface area is 103 Å². The Morgan fingerprint density at radius 3 is 2.81 bits per heavy atom. The first-order valence-electron chi connectivity index (χ1n) is 4.86.